The number of aromatic carboxylic acids is 1. The molecule has 0 amide bonds. The number of unbranched alkanes of at least 4 members (excludes halogenated alkanes) is 1. The van der Waals surface area contributed by atoms with Crippen molar-refractivity contribution < 1.29 is 32.6 Å². The molecule has 0 radical (unpaired) electrons. The lowest BCUT2D eigenvalue weighted by atomic mass is 10.2. The van der Waals surface area contributed by atoms with Crippen LogP contribution in [-0.2, 0) is 0 Å². The zero-order chi connectivity index (χ0) is 16.8. The van der Waals surface area contributed by atoms with E-state index < -0.39 is 12.6 Å². The van der Waals surface area contributed by atoms with Crippen molar-refractivity contribution in [3.8, 4) is 23.0 Å². The first kappa shape index (κ1) is 16.7. The highest BCUT2D eigenvalue weighted by Gasteiger charge is 2.16. The van der Waals surface area contributed by atoms with E-state index >= 15 is 0 Å². The SMILES string of the molecule is CCCCOc1cc(-c2nc(C(=O)O)co2)ccc1OC(F)F. The van der Waals surface area contributed by atoms with Gasteiger partial charge in [0.25, 0.3) is 0 Å². The second-order valence-electron chi connectivity index (χ2n) is 4.59. The van der Waals surface area contributed by atoms with Gasteiger partial charge in [-0.3, -0.25) is 0 Å². The molecule has 124 valence electrons. The number of aromatic nitrogens is 1. The largest absolute Gasteiger partial charge is 0.490 e. The lowest BCUT2D eigenvalue weighted by molar-refractivity contribution is -0.0515. The Bertz CT molecular complexity index is 672. The molecule has 1 aromatic carbocycles. The Labute approximate surface area is 130 Å². The maximum atomic E-state index is 12.4. The second-order valence-corrected chi connectivity index (χ2v) is 4.59. The summed E-state index contributed by atoms with van der Waals surface area (Å²) in [6.07, 6.45) is 2.63. The Hall–Kier alpha value is -2.64. The molecule has 0 fully saturated rings. The summed E-state index contributed by atoms with van der Waals surface area (Å²) in [6.45, 7) is -0.670. The summed E-state index contributed by atoms with van der Waals surface area (Å²) in [7, 11) is 0. The van der Waals surface area contributed by atoms with Gasteiger partial charge in [0, 0.05) is 5.56 Å². The van der Waals surface area contributed by atoms with E-state index in [9.17, 15) is 13.6 Å². The number of carboxylic acid groups (broad SMARTS) is 1. The van der Waals surface area contributed by atoms with Crippen molar-refractivity contribution >= 4 is 5.97 Å². The number of hydrogen-bond donors (Lipinski definition) is 1. The Morgan fingerprint density at radius 3 is 2.78 bits per heavy atom. The Morgan fingerprint density at radius 2 is 2.17 bits per heavy atom. The van der Waals surface area contributed by atoms with Crippen molar-refractivity contribution in [2.75, 3.05) is 6.61 Å². The molecule has 2 rings (SSSR count). The van der Waals surface area contributed by atoms with Crippen LogP contribution in [0.3, 0.4) is 0 Å². The van der Waals surface area contributed by atoms with Crippen LogP contribution in [-0.4, -0.2) is 29.3 Å². The van der Waals surface area contributed by atoms with E-state index in [4.69, 9.17) is 14.3 Å². The van der Waals surface area contributed by atoms with Crippen LogP contribution in [0.15, 0.2) is 28.9 Å². The average Bonchev–Trinajstić information content (AvgIpc) is 2.98. The van der Waals surface area contributed by atoms with Gasteiger partial charge in [0.15, 0.2) is 17.2 Å². The summed E-state index contributed by atoms with van der Waals surface area (Å²) in [5.41, 5.74) is 0.145. The summed E-state index contributed by atoms with van der Waals surface area (Å²) < 4.78 is 39.8. The third-order valence-electron chi connectivity index (χ3n) is 2.89. The predicted molar refractivity (Wildman–Crippen MR) is 75.9 cm³/mol. The fourth-order valence-electron chi connectivity index (χ4n) is 1.78. The molecule has 0 spiro atoms. The highest BCUT2D eigenvalue weighted by atomic mass is 19.3. The number of hydrogen-bond acceptors (Lipinski definition) is 5. The highest BCUT2D eigenvalue weighted by Crippen LogP contribution is 2.33. The third-order valence-corrected chi connectivity index (χ3v) is 2.89. The van der Waals surface area contributed by atoms with Crippen LogP contribution in [0.2, 0.25) is 0 Å². The van der Waals surface area contributed by atoms with E-state index in [0.717, 1.165) is 19.1 Å². The molecule has 0 saturated heterocycles. The second kappa shape index (κ2) is 7.57. The summed E-state index contributed by atoms with van der Waals surface area (Å²) >= 11 is 0. The van der Waals surface area contributed by atoms with Crippen LogP contribution in [0.1, 0.15) is 30.3 Å². The normalized spacial score (nSPS) is 10.8. The minimum atomic E-state index is -2.98. The molecule has 1 aromatic heterocycles. The van der Waals surface area contributed by atoms with Crippen LogP contribution >= 0.6 is 0 Å². The molecule has 2 aromatic rings. The zero-order valence-corrected chi connectivity index (χ0v) is 12.3. The number of rotatable bonds is 8. The van der Waals surface area contributed by atoms with Gasteiger partial charge in [-0.15, -0.1) is 0 Å². The molecule has 1 heterocycles. The van der Waals surface area contributed by atoms with Crippen molar-refractivity contribution in [3.05, 3.63) is 30.2 Å². The van der Waals surface area contributed by atoms with Crippen LogP contribution in [0.25, 0.3) is 11.5 Å². The van der Waals surface area contributed by atoms with Gasteiger partial charge in [0.05, 0.1) is 6.61 Å². The van der Waals surface area contributed by atoms with E-state index in [2.05, 4.69) is 9.72 Å². The first-order chi connectivity index (χ1) is 11.0. The summed E-state index contributed by atoms with van der Waals surface area (Å²) in [6, 6.07) is 4.15. The monoisotopic (exact) mass is 327 g/mol. The first-order valence-corrected chi connectivity index (χ1v) is 6.92. The minimum Gasteiger partial charge on any atom is -0.490 e. The Balaban J connectivity index is 2.29. The van der Waals surface area contributed by atoms with Crippen molar-refractivity contribution in [2.24, 2.45) is 0 Å². The lowest BCUT2D eigenvalue weighted by Gasteiger charge is -2.12. The average molecular weight is 327 g/mol. The third kappa shape index (κ3) is 4.41. The van der Waals surface area contributed by atoms with Gasteiger partial charge in [0.1, 0.15) is 6.26 Å². The van der Waals surface area contributed by atoms with E-state index in [0.29, 0.717) is 12.2 Å². The van der Waals surface area contributed by atoms with E-state index in [-0.39, 0.29) is 23.1 Å². The standard InChI is InChI=1S/C15H15F2NO5/c1-2-3-6-21-12-7-9(4-5-11(12)23-15(16)17)13-18-10(8-22-13)14(19)20/h4-5,7-8,15H,2-3,6H2,1H3,(H,19,20). The van der Waals surface area contributed by atoms with Crippen molar-refractivity contribution in [1.82, 2.24) is 4.98 Å². The molecule has 23 heavy (non-hydrogen) atoms. The van der Waals surface area contributed by atoms with Crippen LogP contribution in [0, 0.1) is 0 Å². The molecular weight excluding hydrogens is 312 g/mol. The quantitative estimate of drug-likeness (QED) is 0.742. The van der Waals surface area contributed by atoms with E-state index in [1.807, 2.05) is 6.92 Å². The van der Waals surface area contributed by atoms with Crippen molar-refractivity contribution in [1.29, 1.82) is 0 Å². The highest BCUT2D eigenvalue weighted by molar-refractivity contribution is 5.85. The number of halogens is 2. The van der Waals surface area contributed by atoms with Gasteiger partial charge >= 0.3 is 12.6 Å². The van der Waals surface area contributed by atoms with Crippen LogP contribution < -0.4 is 9.47 Å². The number of carbonyl (C=O) groups is 1. The molecule has 6 nitrogen and oxygen atoms in total. The summed E-state index contributed by atoms with van der Waals surface area (Å²) in [4.78, 5) is 14.6. The molecule has 8 heteroatoms. The molecule has 1 N–H and O–H groups in total. The Kier molecular flexibility index (Phi) is 5.51. The van der Waals surface area contributed by atoms with E-state index in [1.165, 1.54) is 18.2 Å². The van der Waals surface area contributed by atoms with Gasteiger partial charge in [-0.25, -0.2) is 9.78 Å². The van der Waals surface area contributed by atoms with Gasteiger partial charge in [-0.1, -0.05) is 13.3 Å². The number of carboxylic acids is 1. The van der Waals surface area contributed by atoms with Gasteiger partial charge in [-0.05, 0) is 24.6 Å². The fraction of sp³-hybridized carbons (Fsp3) is 0.333. The number of oxazole rings is 1. The predicted octanol–water partition coefficient (Wildman–Crippen LogP) is 3.82. The van der Waals surface area contributed by atoms with Crippen molar-refractivity contribution in [2.45, 2.75) is 26.4 Å². The zero-order valence-electron chi connectivity index (χ0n) is 12.3. The van der Waals surface area contributed by atoms with Crippen LogP contribution in [0.4, 0.5) is 8.78 Å². The summed E-state index contributed by atoms with van der Waals surface area (Å²) in [5.74, 6) is -1.17. The molecule has 0 aliphatic heterocycles. The number of benzene rings is 1. The maximum absolute atomic E-state index is 12.4. The summed E-state index contributed by atoms with van der Waals surface area (Å²) in [5, 5.41) is 8.84. The van der Waals surface area contributed by atoms with Crippen molar-refractivity contribution in [3.63, 3.8) is 0 Å². The molecule has 0 atom stereocenters. The van der Waals surface area contributed by atoms with Gasteiger partial charge < -0.3 is 19.0 Å². The topological polar surface area (TPSA) is 81.8 Å². The Morgan fingerprint density at radius 1 is 1.39 bits per heavy atom. The molecule has 0 aliphatic carbocycles. The van der Waals surface area contributed by atoms with Gasteiger partial charge in [-0.2, -0.15) is 8.78 Å². The van der Waals surface area contributed by atoms with Crippen LogP contribution in [0.5, 0.6) is 11.5 Å². The minimum absolute atomic E-state index is 0.0475. The maximum Gasteiger partial charge on any atom is 0.387 e. The first-order valence-electron chi connectivity index (χ1n) is 6.92. The molecular formula is C15H15F2NO5. The number of alkyl halides is 2. The molecule has 0 saturated carbocycles. The van der Waals surface area contributed by atoms with Gasteiger partial charge in [0.2, 0.25) is 5.89 Å². The molecule has 0 bridgehead atoms. The number of ether oxygens (including phenoxy) is 2. The smallest absolute Gasteiger partial charge is 0.387 e. The lowest BCUT2D eigenvalue weighted by Crippen LogP contribution is -2.05. The van der Waals surface area contributed by atoms with E-state index in [1.54, 1.807) is 0 Å². The molecule has 0 unspecified atom stereocenters. The fourth-order valence-corrected chi connectivity index (χ4v) is 1.78. The number of nitrogens with zero attached hydrogens (tertiary/aromatic N) is 1. The molecule has 0 aliphatic rings.